The normalized spacial score (nSPS) is 17.7. The molecular weight excluding hydrogens is 406 g/mol. The quantitative estimate of drug-likeness (QED) is 0.348. The van der Waals surface area contributed by atoms with Gasteiger partial charge in [0.05, 0.1) is 25.8 Å². The summed E-state index contributed by atoms with van der Waals surface area (Å²) in [6.45, 7) is 2.36. The van der Waals surface area contributed by atoms with E-state index in [1.807, 2.05) is 49.4 Å². The fourth-order valence-electron chi connectivity index (χ4n) is 4.30. The molecule has 0 bridgehead atoms. The average Bonchev–Trinajstić information content (AvgIpc) is 3.07. The van der Waals surface area contributed by atoms with Gasteiger partial charge in [0, 0.05) is 12.1 Å². The molecule has 1 saturated heterocycles. The molecule has 3 aromatic carbocycles. The van der Waals surface area contributed by atoms with Crippen LogP contribution in [0.15, 0.2) is 66.2 Å². The van der Waals surface area contributed by atoms with E-state index >= 15 is 0 Å². The van der Waals surface area contributed by atoms with Gasteiger partial charge in [-0.3, -0.25) is 9.59 Å². The van der Waals surface area contributed by atoms with Gasteiger partial charge in [-0.15, -0.1) is 0 Å². The summed E-state index contributed by atoms with van der Waals surface area (Å²) in [7, 11) is 3.02. The molecule has 32 heavy (non-hydrogen) atoms. The summed E-state index contributed by atoms with van der Waals surface area (Å²) in [4.78, 5) is 27.7. The summed E-state index contributed by atoms with van der Waals surface area (Å²) in [6, 6.07) is 17.8. The van der Waals surface area contributed by atoms with E-state index in [1.54, 1.807) is 23.1 Å². The highest BCUT2D eigenvalue weighted by Gasteiger charge is 2.46. The molecule has 4 rings (SSSR count). The maximum Gasteiger partial charge on any atom is 0.295 e. The molecular formula is C26H25NO5. The number of Topliss-reactive ketones (excluding diaryl/α,β-unsaturated/α-hetero) is 1. The molecule has 0 spiro atoms. The van der Waals surface area contributed by atoms with E-state index in [9.17, 15) is 14.7 Å². The first kappa shape index (κ1) is 21.4. The molecule has 3 aromatic rings. The van der Waals surface area contributed by atoms with E-state index in [1.165, 1.54) is 14.2 Å². The minimum absolute atomic E-state index is 0.0759. The number of nitrogens with zero attached hydrogens (tertiary/aromatic N) is 1. The van der Waals surface area contributed by atoms with Crippen molar-refractivity contribution in [2.24, 2.45) is 0 Å². The predicted molar refractivity (Wildman–Crippen MR) is 123 cm³/mol. The Balaban J connectivity index is 1.96. The summed E-state index contributed by atoms with van der Waals surface area (Å²) in [5, 5.41) is 13.2. The Hall–Kier alpha value is -3.80. The molecule has 1 aliphatic heterocycles. The minimum Gasteiger partial charge on any atom is -0.507 e. The van der Waals surface area contributed by atoms with Crippen molar-refractivity contribution >= 4 is 28.2 Å². The second kappa shape index (κ2) is 8.75. The highest BCUT2D eigenvalue weighted by Crippen LogP contribution is 2.42. The van der Waals surface area contributed by atoms with E-state index in [2.05, 4.69) is 0 Å². The van der Waals surface area contributed by atoms with Crippen molar-refractivity contribution in [3.63, 3.8) is 0 Å². The van der Waals surface area contributed by atoms with Gasteiger partial charge in [0.25, 0.3) is 11.7 Å². The summed E-state index contributed by atoms with van der Waals surface area (Å²) in [5.74, 6) is -0.613. The maximum atomic E-state index is 13.1. The first-order valence-corrected chi connectivity index (χ1v) is 10.5. The summed E-state index contributed by atoms with van der Waals surface area (Å²) >= 11 is 0. The number of amides is 1. The number of hydrogen-bond donors (Lipinski definition) is 1. The van der Waals surface area contributed by atoms with Gasteiger partial charge in [0.15, 0.2) is 11.5 Å². The zero-order valence-corrected chi connectivity index (χ0v) is 18.3. The van der Waals surface area contributed by atoms with E-state index < -0.39 is 17.7 Å². The highest BCUT2D eigenvalue weighted by atomic mass is 16.5. The lowest BCUT2D eigenvalue weighted by Gasteiger charge is -2.26. The largest absolute Gasteiger partial charge is 0.507 e. The third-order valence-electron chi connectivity index (χ3n) is 5.78. The molecule has 1 N–H and O–H groups in total. The van der Waals surface area contributed by atoms with Gasteiger partial charge >= 0.3 is 0 Å². The van der Waals surface area contributed by atoms with Crippen molar-refractivity contribution in [1.82, 2.24) is 4.90 Å². The molecule has 1 heterocycles. The van der Waals surface area contributed by atoms with Crippen LogP contribution in [-0.2, 0) is 9.59 Å². The average molecular weight is 431 g/mol. The van der Waals surface area contributed by atoms with Crippen LogP contribution in [0.3, 0.4) is 0 Å². The fraction of sp³-hybridized carbons (Fsp3) is 0.231. The monoisotopic (exact) mass is 431 g/mol. The van der Waals surface area contributed by atoms with Crippen molar-refractivity contribution in [3.05, 3.63) is 77.4 Å². The smallest absolute Gasteiger partial charge is 0.295 e. The lowest BCUT2D eigenvalue weighted by atomic mass is 9.91. The standard InChI is InChI=1S/C26H25NO5/c1-4-14-27-23(19-11-7-9-16-8-5-6-10-18(16)19)22(25(29)26(27)30)24(28)17-12-13-20(31-2)21(15-17)32-3/h5-13,15,23,28H,4,14H2,1-3H3/b24-22-. The topological polar surface area (TPSA) is 76.1 Å². The van der Waals surface area contributed by atoms with E-state index in [0.717, 1.165) is 16.3 Å². The van der Waals surface area contributed by atoms with Gasteiger partial charge in [0.2, 0.25) is 0 Å². The van der Waals surface area contributed by atoms with Gasteiger partial charge in [-0.1, -0.05) is 49.4 Å². The molecule has 164 valence electrons. The van der Waals surface area contributed by atoms with Crippen LogP contribution >= 0.6 is 0 Å². The molecule has 6 heteroatoms. The van der Waals surface area contributed by atoms with Crippen LogP contribution in [0.2, 0.25) is 0 Å². The van der Waals surface area contributed by atoms with Gasteiger partial charge in [-0.25, -0.2) is 0 Å². The highest BCUT2D eigenvalue weighted by molar-refractivity contribution is 6.46. The molecule has 0 aliphatic carbocycles. The van der Waals surface area contributed by atoms with Crippen LogP contribution in [0.5, 0.6) is 11.5 Å². The third-order valence-corrected chi connectivity index (χ3v) is 5.78. The molecule has 6 nitrogen and oxygen atoms in total. The Labute approximate surface area is 186 Å². The van der Waals surface area contributed by atoms with Gasteiger partial charge in [-0.05, 0) is 41.0 Å². The minimum atomic E-state index is -0.691. The Morgan fingerprint density at radius 1 is 0.969 bits per heavy atom. The number of likely N-dealkylation sites (tertiary alicyclic amines) is 1. The number of hydrogen-bond acceptors (Lipinski definition) is 5. The second-order valence-electron chi connectivity index (χ2n) is 7.63. The summed E-state index contributed by atoms with van der Waals surface area (Å²) < 4.78 is 10.6. The summed E-state index contributed by atoms with van der Waals surface area (Å²) in [5.41, 5.74) is 1.26. The van der Waals surface area contributed by atoms with Crippen molar-refractivity contribution in [1.29, 1.82) is 0 Å². The molecule has 1 amide bonds. The lowest BCUT2D eigenvalue weighted by Crippen LogP contribution is -2.30. The van der Waals surface area contributed by atoms with E-state index in [0.29, 0.717) is 30.0 Å². The van der Waals surface area contributed by atoms with Crippen LogP contribution in [0.1, 0.15) is 30.5 Å². The van der Waals surface area contributed by atoms with Crippen LogP contribution < -0.4 is 9.47 Å². The maximum absolute atomic E-state index is 13.1. The van der Waals surface area contributed by atoms with E-state index in [-0.39, 0.29) is 11.3 Å². The zero-order valence-electron chi connectivity index (χ0n) is 18.3. The zero-order chi connectivity index (χ0) is 22.8. The number of fused-ring (bicyclic) bond motifs is 1. The number of ether oxygens (including phenoxy) is 2. The number of carbonyl (C=O) groups is 2. The number of methoxy groups -OCH3 is 2. The van der Waals surface area contributed by atoms with Crippen molar-refractivity contribution in [3.8, 4) is 11.5 Å². The number of carbonyl (C=O) groups excluding carboxylic acids is 2. The van der Waals surface area contributed by atoms with Crippen molar-refractivity contribution < 1.29 is 24.2 Å². The fourth-order valence-corrected chi connectivity index (χ4v) is 4.30. The first-order valence-electron chi connectivity index (χ1n) is 10.5. The predicted octanol–water partition coefficient (Wildman–Crippen LogP) is 4.69. The van der Waals surface area contributed by atoms with Gasteiger partial charge in [-0.2, -0.15) is 0 Å². The molecule has 0 saturated carbocycles. The number of benzene rings is 3. The molecule has 0 radical (unpaired) electrons. The molecule has 1 aliphatic rings. The van der Waals surface area contributed by atoms with E-state index in [4.69, 9.17) is 9.47 Å². The summed E-state index contributed by atoms with van der Waals surface area (Å²) in [6.07, 6.45) is 0.685. The van der Waals surface area contributed by atoms with Crippen LogP contribution in [0.4, 0.5) is 0 Å². The molecule has 1 unspecified atom stereocenters. The number of aliphatic hydroxyl groups is 1. The first-order chi connectivity index (χ1) is 15.5. The Kier molecular flexibility index (Phi) is 5.86. The Morgan fingerprint density at radius 3 is 2.41 bits per heavy atom. The number of ketones is 1. The Bertz CT molecular complexity index is 1220. The van der Waals surface area contributed by atoms with Crippen LogP contribution in [0, 0.1) is 0 Å². The molecule has 1 atom stereocenters. The van der Waals surface area contributed by atoms with Gasteiger partial charge in [0.1, 0.15) is 5.76 Å². The lowest BCUT2D eigenvalue weighted by molar-refractivity contribution is -0.139. The number of rotatable bonds is 6. The second-order valence-corrected chi connectivity index (χ2v) is 7.63. The van der Waals surface area contributed by atoms with Crippen molar-refractivity contribution in [2.75, 3.05) is 20.8 Å². The Morgan fingerprint density at radius 2 is 1.69 bits per heavy atom. The number of aliphatic hydroxyl groups excluding tert-OH is 1. The molecule has 1 fully saturated rings. The third kappa shape index (κ3) is 3.47. The molecule has 0 aromatic heterocycles. The van der Waals surface area contributed by atoms with Gasteiger partial charge < -0.3 is 19.5 Å². The van der Waals surface area contributed by atoms with Crippen molar-refractivity contribution in [2.45, 2.75) is 19.4 Å². The van der Waals surface area contributed by atoms with Crippen LogP contribution in [0.25, 0.3) is 16.5 Å². The van der Waals surface area contributed by atoms with Crippen LogP contribution in [-0.4, -0.2) is 42.5 Å². The SMILES string of the molecule is CCCN1C(=O)C(=O)/C(=C(\O)c2ccc(OC)c(OC)c2)C1c1cccc2ccccc12.